The lowest BCUT2D eigenvalue weighted by Gasteiger charge is -2.50. The molecule has 0 bridgehead atoms. The van der Waals surface area contributed by atoms with Gasteiger partial charge in [-0.1, -0.05) is 48.5 Å². The molecule has 0 aromatic heterocycles. The summed E-state index contributed by atoms with van der Waals surface area (Å²) in [5, 5.41) is 18.9. The van der Waals surface area contributed by atoms with Gasteiger partial charge < -0.3 is 10.2 Å². The van der Waals surface area contributed by atoms with Crippen molar-refractivity contribution in [2.24, 2.45) is 28.6 Å². The fraction of sp³-hybridized carbons (Fsp3) is 0.882. The van der Waals surface area contributed by atoms with E-state index in [1.807, 2.05) is 20.8 Å². The van der Waals surface area contributed by atoms with Gasteiger partial charge in [0.15, 0.2) is 0 Å². The Bertz CT molecular complexity index is 353. The highest BCUT2D eigenvalue weighted by Crippen LogP contribution is 2.54. The van der Waals surface area contributed by atoms with Gasteiger partial charge in [-0.2, -0.15) is 0 Å². The molecule has 0 heterocycles. The molecule has 0 spiro atoms. The van der Waals surface area contributed by atoms with Crippen LogP contribution in [0.2, 0.25) is 0 Å². The summed E-state index contributed by atoms with van der Waals surface area (Å²) in [5.74, 6) is -2.26. The van der Waals surface area contributed by atoms with Gasteiger partial charge in [0.05, 0.1) is 12.3 Å². The van der Waals surface area contributed by atoms with E-state index >= 15 is 0 Å². The average Bonchev–Trinajstić information content (AvgIpc) is 2.21. The summed E-state index contributed by atoms with van der Waals surface area (Å²) < 4.78 is 0. The largest absolute Gasteiger partial charge is 0.481 e. The van der Waals surface area contributed by atoms with E-state index in [-0.39, 0.29) is 11.8 Å². The molecule has 0 aliphatic rings. The molecule has 4 nitrogen and oxygen atoms in total. The Morgan fingerprint density at radius 3 is 1.48 bits per heavy atom. The number of aliphatic carboxylic acids is 2. The maximum Gasteiger partial charge on any atom is 0.307 e. The van der Waals surface area contributed by atoms with E-state index in [4.69, 9.17) is 5.11 Å². The molecule has 1 atom stereocenters. The first-order valence-corrected chi connectivity index (χ1v) is 7.78. The quantitative estimate of drug-likeness (QED) is 0.701. The molecular formula is C17H32O4. The van der Waals surface area contributed by atoms with Gasteiger partial charge in [0.1, 0.15) is 0 Å². The molecule has 0 aliphatic carbocycles. The first-order valence-electron chi connectivity index (χ1n) is 7.78. The number of carboxylic acids is 2. The van der Waals surface area contributed by atoms with Gasteiger partial charge in [0.25, 0.3) is 0 Å². The van der Waals surface area contributed by atoms with Crippen LogP contribution in [0.4, 0.5) is 0 Å². The van der Waals surface area contributed by atoms with Gasteiger partial charge in [0, 0.05) is 0 Å². The van der Waals surface area contributed by atoms with Crippen molar-refractivity contribution >= 4 is 11.9 Å². The predicted octanol–water partition coefficient (Wildman–Crippen LogP) is 4.29. The Balaban J connectivity index is 6.01. The molecule has 0 aromatic carbocycles. The van der Waals surface area contributed by atoms with Crippen LogP contribution in [0.25, 0.3) is 0 Å². The molecule has 0 amide bonds. The second-order valence-electron chi connectivity index (χ2n) is 8.09. The van der Waals surface area contributed by atoms with Crippen LogP contribution in [-0.4, -0.2) is 22.2 Å². The minimum atomic E-state index is -1.04. The molecule has 124 valence electrons. The van der Waals surface area contributed by atoms with Crippen LogP contribution < -0.4 is 0 Å². The van der Waals surface area contributed by atoms with Crippen LogP contribution in [0.5, 0.6) is 0 Å². The first-order chi connectivity index (χ1) is 9.33. The fourth-order valence-corrected chi connectivity index (χ4v) is 3.65. The molecule has 0 fully saturated rings. The molecule has 0 radical (unpaired) electrons. The number of carbonyl (C=O) groups is 2. The highest BCUT2D eigenvalue weighted by molar-refractivity contribution is 5.78. The summed E-state index contributed by atoms with van der Waals surface area (Å²) in [5.41, 5.74) is -0.806. The van der Waals surface area contributed by atoms with Crippen LogP contribution in [-0.2, 0) is 9.59 Å². The lowest BCUT2D eigenvalue weighted by atomic mass is 9.53. The van der Waals surface area contributed by atoms with Gasteiger partial charge in [0.2, 0.25) is 0 Å². The van der Waals surface area contributed by atoms with Crippen LogP contribution in [0.1, 0.15) is 67.7 Å². The Morgan fingerprint density at radius 2 is 1.29 bits per heavy atom. The van der Waals surface area contributed by atoms with E-state index < -0.39 is 23.3 Å². The van der Waals surface area contributed by atoms with Crippen molar-refractivity contribution in [3.63, 3.8) is 0 Å². The van der Waals surface area contributed by atoms with Crippen LogP contribution >= 0.6 is 0 Å². The Kier molecular flexibility index (Phi) is 6.91. The van der Waals surface area contributed by atoms with Crippen LogP contribution in [0.15, 0.2) is 0 Å². The maximum atomic E-state index is 11.8. The standard InChI is InChI=1S/C17H32O4/c1-11(2)9-17(10-12(3)4,16(5,6)7)13(15(20)21)8-14(18)19/h11-13H,8-10H2,1-7H3,(H,18,19)(H,20,21). The van der Waals surface area contributed by atoms with E-state index in [1.165, 1.54) is 0 Å². The highest BCUT2D eigenvalue weighted by atomic mass is 16.4. The van der Waals surface area contributed by atoms with Crippen molar-refractivity contribution in [3.05, 3.63) is 0 Å². The smallest absolute Gasteiger partial charge is 0.307 e. The van der Waals surface area contributed by atoms with Crippen molar-refractivity contribution < 1.29 is 19.8 Å². The van der Waals surface area contributed by atoms with Gasteiger partial charge in [-0.25, -0.2) is 0 Å². The van der Waals surface area contributed by atoms with Crippen LogP contribution in [0.3, 0.4) is 0 Å². The van der Waals surface area contributed by atoms with Crippen molar-refractivity contribution in [2.75, 3.05) is 0 Å². The van der Waals surface area contributed by atoms with Gasteiger partial charge in [-0.3, -0.25) is 9.59 Å². The summed E-state index contributed by atoms with van der Waals surface area (Å²) in [6.45, 7) is 14.4. The van der Waals surface area contributed by atoms with Gasteiger partial charge >= 0.3 is 11.9 Å². The lowest BCUT2D eigenvalue weighted by molar-refractivity contribution is -0.160. The molecule has 4 heteroatoms. The zero-order valence-electron chi connectivity index (χ0n) is 14.6. The van der Waals surface area contributed by atoms with E-state index in [1.54, 1.807) is 0 Å². The van der Waals surface area contributed by atoms with Crippen molar-refractivity contribution in [2.45, 2.75) is 67.7 Å². The number of carboxylic acid groups (broad SMARTS) is 2. The molecule has 1 unspecified atom stereocenters. The second-order valence-corrected chi connectivity index (χ2v) is 8.09. The first kappa shape index (κ1) is 19.9. The highest BCUT2D eigenvalue weighted by Gasteiger charge is 2.51. The van der Waals surface area contributed by atoms with E-state index in [2.05, 4.69) is 27.7 Å². The second kappa shape index (κ2) is 7.28. The minimum absolute atomic E-state index is 0.278. The normalized spacial score (nSPS) is 14.5. The number of rotatable bonds is 8. The molecule has 0 aliphatic heterocycles. The monoisotopic (exact) mass is 300 g/mol. The summed E-state index contributed by atoms with van der Waals surface area (Å²) in [7, 11) is 0. The molecule has 0 aromatic rings. The van der Waals surface area contributed by atoms with E-state index in [9.17, 15) is 14.7 Å². The number of hydrogen-bond acceptors (Lipinski definition) is 2. The van der Waals surface area contributed by atoms with Crippen molar-refractivity contribution in [3.8, 4) is 0 Å². The zero-order chi connectivity index (χ0) is 17.0. The zero-order valence-corrected chi connectivity index (χ0v) is 14.6. The molecule has 0 rings (SSSR count). The average molecular weight is 300 g/mol. The lowest BCUT2D eigenvalue weighted by Crippen LogP contribution is -2.48. The predicted molar refractivity (Wildman–Crippen MR) is 84.2 cm³/mol. The SMILES string of the molecule is CC(C)CC(CC(C)C)(C(CC(=O)O)C(=O)O)C(C)(C)C. The van der Waals surface area contributed by atoms with E-state index in [0.717, 1.165) is 12.8 Å². The fourth-order valence-electron chi connectivity index (χ4n) is 3.65. The topological polar surface area (TPSA) is 74.6 Å². The van der Waals surface area contributed by atoms with Gasteiger partial charge in [-0.15, -0.1) is 0 Å². The summed E-state index contributed by atoms with van der Waals surface area (Å²) >= 11 is 0. The Morgan fingerprint density at radius 1 is 0.905 bits per heavy atom. The molecule has 0 saturated carbocycles. The molecule has 0 saturated heterocycles. The molecule has 2 N–H and O–H groups in total. The summed E-state index contributed by atoms with van der Waals surface area (Å²) in [6.07, 6.45) is 1.13. The summed E-state index contributed by atoms with van der Waals surface area (Å²) in [6, 6.07) is 0. The summed E-state index contributed by atoms with van der Waals surface area (Å²) in [4.78, 5) is 23.0. The van der Waals surface area contributed by atoms with Gasteiger partial charge in [-0.05, 0) is 35.5 Å². The molecule has 21 heavy (non-hydrogen) atoms. The number of hydrogen-bond donors (Lipinski definition) is 2. The minimum Gasteiger partial charge on any atom is -0.481 e. The van der Waals surface area contributed by atoms with E-state index in [0.29, 0.717) is 11.8 Å². The third kappa shape index (κ3) is 5.33. The Hall–Kier alpha value is -1.06. The van der Waals surface area contributed by atoms with Crippen molar-refractivity contribution in [1.29, 1.82) is 0 Å². The third-order valence-electron chi connectivity index (χ3n) is 4.38. The Labute approximate surface area is 128 Å². The third-order valence-corrected chi connectivity index (χ3v) is 4.38. The van der Waals surface area contributed by atoms with Crippen molar-refractivity contribution in [1.82, 2.24) is 0 Å². The maximum absolute atomic E-state index is 11.8. The van der Waals surface area contributed by atoms with Crippen LogP contribution in [0, 0.1) is 28.6 Å². The molecular weight excluding hydrogens is 268 g/mol.